The van der Waals surface area contributed by atoms with Crippen molar-refractivity contribution in [3.05, 3.63) is 115 Å². The second kappa shape index (κ2) is 14.1. The lowest BCUT2D eigenvalue weighted by Gasteiger charge is -2.34. The summed E-state index contributed by atoms with van der Waals surface area (Å²) in [4.78, 5) is 41.5. The van der Waals surface area contributed by atoms with E-state index in [1.165, 1.54) is 30.3 Å². The first-order valence-corrected chi connectivity index (χ1v) is 16.4. The maximum absolute atomic E-state index is 15.9. The number of hydrogen-bond donors (Lipinski definition) is 2. The Labute approximate surface area is 300 Å². The molecule has 0 radical (unpaired) electrons. The SMILES string of the molecule is Cc1cccc2c1-c1cc(c(F)c(C(F)(F)F)c1)[C@@H](CC(=O)O)NC(=O)[C@@H](n1cc(CCN3CC(F)C3)c(C(F)(F)F)cc1=O)c1cc(Cl)cc(c1)O2. The van der Waals surface area contributed by atoms with Crippen molar-refractivity contribution in [3.8, 4) is 22.6 Å². The van der Waals surface area contributed by atoms with Crippen molar-refractivity contribution in [2.45, 2.75) is 50.4 Å². The molecule has 1 saturated heterocycles. The molecular weight excluding hydrogens is 742 g/mol. The van der Waals surface area contributed by atoms with Gasteiger partial charge in [0, 0.05) is 48.0 Å². The average Bonchev–Trinajstić information content (AvgIpc) is 3.02. The third kappa shape index (κ3) is 7.88. The summed E-state index contributed by atoms with van der Waals surface area (Å²) in [6.45, 7) is 1.47. The Morgan fingerprint density at radius 2 is 1.70 bits per heavy atom. The Balaban J connectivity index is 1.61. The van der Waals surface area contributed by atoms with E-state index in [-0.39, 0.29) is 65.3 Å². The number of aliphatic carboxylic acids is 1. The van der Waals surface area contributed by atoms with Crippen LogP contribution in [0.2, 0.25) is 5.02 Å². The number of hydrogen-bond acceptors (Lipinski definition) is 5. The van der Waals surface area contributed by atoms with Gasteiger partial charge in [-0.25, -0.2) is 8.78 Å². The summed E-state index contributed by atoms with van der Waals surface area (Å²) in [6, 6.07) is 5.94. The van der Waals surface area contributed by atoms with Gasteiger partial charge in [-0.2, -0.15) is 26.3 Å². The standard InChI is InChI=1S/C36H28ClF8N3O5/c1-17-3-2-4-28-31(17)19-9-24(32(39)26(10-19)36(43,44)45)27(13-30(50)51)46-34(52)33(20-7-21(37)11-23(8-20)53-28)48-14-18(5-6-47-15-22(38)16-47)25(12-29(48)49)35(40,41)42/h2-4,7-12,14,22,27,33H,5-6,13,15-16H2,1H3,(H,46,52)(H,50,51)/t27-,33+/m1/s1. The molecule has 0 spiro atoms. The van der Waals surface area contributed by atoms with Crippen molar-refractivity contribution in [1.29, 1.82) is 0 Å². The number of benzene rings is 3. The third-order valence-electron chi connectivity index (χ3n) is 9.04. The molecule has 1 amide bonds. The molecule has 2 aliphatic rings. The van der Waals surface area contributed by atoms with Crippen molar-refractivity contribution in [3.63, 3.8) is 0 Å². The number of carboxylic acids is 1. The fourth-order valence-corrected chi connectivity index (χ4v) is 6.84. The number of nitrogens with zero attached hydrogens (tertiary/aromatic N) is 2. The van der Waals surface area contributed by atoms with Crippen molar-refractivity contribution in [2.24, 2.45) is 0 Å². The van der Waals surface area contributed by atoms with Crippen LogP contribution < -0.4 is 15.6 Å². The number of rotatable bonds is 6. The molecular formula is C36H28ClF8N3O5. The molecule has 3 heterocycles. The predicted octanol–water partition coefficient (Wildman–Crippen LogP) is 7.88. The van der Waals surface area contributed by atoms with E-state index in [1.807, 2.05) is 0 Å². The molecule has 3 aromatic carbocycles. The predicted molar refractivity (Wildman–Crippen MR) is 175 cm³/mol. The Bertz CT molecular complexity index is 2160. The van der Waals surface area contributed by atoms with Crippen LogP contribution in [0.5, 0.6) is 11.5 Å². The molecule has 17 heteroatoms. The van der Waals surface area contributed by atoms with Crippen LogP contribution in [0.15, 0.2) is 65.6 Å². The van der Waals surface area contributed by atoms with Gasteiger partial charge in [0.15, 0.2) is 0 Å². The molecule has 53 heavy (non-hydrogen) atoms. The number of fused-ring (bicyclic) bond motifs is 6. The van der Waals surface area contributed by atoms with Crippen molar-refractivity contribution in [2.75, 3.05) is 19.6 Å². The average molecular weight is 770 g/mol. The highest BCUT2D eigenvalue weighted by atomic mass is 35.5. The Morgan fingerprint density at radius 1 is 1.00 bits per heavy atom. The summed E-state index contributed by atoms with van der Waals surface area (Å²) < 4.78 is 122. The Morgan fingerprint density at radius 3 is 2.34 bits per heavy atom. The second-order valence-corrected chi connectivity index (χ2v) is 13.3. The molecule has 2 N–H and O–H groups in total. The molecule has 6 rings (SSSR count). The number of aryl methyl sites for hydroxylation is 1. The summed E-state index contributed by atoms with van der Waals surface area (Å²) in [7, 11) is 0. The van der Waals surface area contributed by atoms with E-state index in [0.29, 0.717) is 16.2 Å². The minimum absolute atomic E-state index is 0.0151. The molecule has 2 atom stereocenters. The fourth-order valence-electron chi connectivity index (χ4n) is 6.60. The smallest absolute Gasteiger partial charge is 0.419 e. The van der Waals surface area contributed by atoms with Gasteiger partial charge in [0.05, 0.1) is 23.6 Å². The van der Waals surface area contributed by atoms with Gasteiger partial charge in [-0.05, 0) is 72.0 Å². The molecule has 1 aromatic heterocycles. The summed E-state index contributed by atoms with van der Waals surface area (Å²) in [5.41, 5.74) is -5.73. The third-order valence-corrected chi connectivity index (χ3v) is 9.26. The number of likely N-dealkylation sites (tertiary alicyclic amines) is 1. The normalized spacial score (nSPS) is 18.1. The molecule has 8 nitrogen and oxygen atoms in total. The van der Waals surface area contributed by atoms with E-state index >= 15 is 4.39 Å². The van der Waals surface area contributed by atoms with E-state index in [0.717, 1.165) is 12.3 Å². The first-order valence-electron chi connectivity index (χ1n) is 16.0. The van der Waals surface area contributed by atoms with Gasteiger partial charge < -0.3 is 15.2 Å². The highest BCUT2D eigenvalue weighted by Gasteiger charge is 2.40. The molecule has 0 aliphatic carbocycles. The summed E-state index contributed by atoms with van der Waals surface area (Å²) >= 11 is 6.43. The van der Waals surface area contributed by atoms with Crippen LogP contribution >= 0.6 is 11.6 Å². The lowest BCUT2D eigenvalue weighted by atomic mass is 9.91. The van der Waals surface area contributed by atoms with Crippen molar-refractivity contribution >= 4 is 23.5 Å². The van der Waals surface area contributed by atoms with Gasteiger partial charge in [-0.1, -0.05) is 23.7 Å². The quantitative estimate of drug-likeness (QED) is 0.194. The van der Waals surface area contributed by atoms with Gasteiger partial charge in [0.1, 0.15) is 29.5 Å². The second-order valence-electron chi connectivity index (χ2n) is 12.8. The summed E-state index contributed by atoms with van der Waals surface area (Å²) in [6.07, 6.45) is -12.2. The lowest BCUT2D eigenvalue weighted by Crippen LogP contribution is -2.49. The minimum Gasteiger partial charge on any atom is -0.481 e. The maximum Gasteiger partial charge on any atom is 0.419 e. The van der Waals surface area contributed by atoms with Crippen molar-refractivity contribution < 1.29 is 54.6 Å². The number of aromatic nitrogens is 1. The molecule has 280 valence electrons. The Kier molecular flexibility index (Phi) is 10.1. The zero-order valence-electron chi connectivity index (χ0n) is 27.4. The Hall–Kier alpha value is -4.96. The van der Waals surface area contributed by atoms with E-state index in [9.17, 15) is 50.2 Å². The van der Waals surface area contributed by atoms with Crippen LogP contribution in [-0.4, -0.2) is 52.3 Å². The zero-order chi connectivity index (χ0) is 38.6. The molecule has 2 aliphatic heterocycles. The molecule has 0 unspecified atom stereocenters. The van der Waals surface area contributed by atoms with Gasteiger partial charge in [0.2, 0.25) is 5.91 Å². The highest BCUT2D eigenvalue weighted by molar-refractivity contribution is 6.30. The number of ether oxygens (including phenoxy) is 1. The number of amides is 1. The summed E-state index contributed by atoms with van der Waals surface area (Å²) in [5.74, 6) is -4.99. The van der Waals surface area contributed by atoms with Crippen LogP contribution in [0, 0.1) is 12.7 Å². The van der Waals surface area contributed by atoms with E-state index < -0.39 is 82.5 Å². The number of carbonyl (C=O) groups is 2. The first kappa shape index (κ1) is 37.8. The van der Waals surface area contributed by atoms with Crippen LogP contribution in [0.4, 0.5) is 35.1 Å². The minimum atomic E-state index is -5.29. The number of pyridine rings is 1. The van der Waals surface area contributed by atoms with Crippen LogP contribution in [0.3, 0.4) is 0 Å². The topological polar surface area (TPSA) is 101 Å². The molecule has 1 fully saturated rings. The highest BCUT2D eigenvalue weighted by Crippen LogP contribution is 2.44. The van der Waals surface area contributed by atoms with E-state index in [4.69, 9.17) is 16.3 Å². The van der Waals surface area contributed by atoms with Crippen LogP contribution in [0.25, 0.3) is 11.1 Å². The van der Waals surface area contributed by atoms with Gasteiger partial charge >= 0.3 is 18.3 Å². The molecule has 4 aromatic rings. The molecule has 4 bridgehead atoms. The zero-order valence-corrected chi connectivity index (χ0v) is 28.2. The number of nitrogens with one attached hydrogen (secondary N) is 1. The number of halogens is 9. The molecule has 0 saturated carbocycles. The maximum atomic E-state index is 15.9. The first-order chi connectivity index (χ1) is 24.8. The van der Waals surface area contributed by atoms with E-state index in [2.05, 4.69) is 5.32 Å². The van der Waals surface area contributed by atoms with Gasteiger partial charge in [0.25, 0.3) is 5.56 Å². The number of carboxylic acid groups (broad SMARTS) is 1. The lowest BCUT2D eigenvalue weighted by molar-refractivity contribution is -0.140. The largest absolute Gasteiger partial charge is 0.481 e. The fraction of sp³-hybridized carbons (Fsp3) is 0.306. The van der Waals surface area contributed by atoms with Gasteiger partial charge in [-0.15, -0.1) is 0 Å². The van der Waals surface area contributed by atoms with Crippen LogP contribution in [-0.2, 0) is 28.4 Å². The van der Waals surface area contributed by atoms with Crippen LogP contribution in [0.1, 0.15) is 51.9 Å². The van der Waals surface area contributed by atoms with Crippen molar-refractivity contribution in [1.82, 2.24) is 14.8 Å². The van der Waals surface area contributed by atoms with Gasteiger partial charge in [-0.3, -0.25) is 23.9 Å². The number of carbonyl (C=O) groups excluding carboxylic acids is 1. The monoisotopic (exact) mass is 769 g/mol. The van der Waals surface area contributed by atoms with E-state index in [1.54, 1.807) is 17.9 Å². The summed E-state index contributed by atoms with van der Waals surface area (Å²) in [5, 5.41) is 11.9. The number of alkyl halides is 7.